The highest BCUT2D eigenvalue weighted by atomic mass is 35.5. The van der Waals surface area contributed by atoms with E-state index in [1.54, 1.807) is 13.0 Å². The van der Waals surface area contributed by atoms with Crippen LogP contribution >= 0.6 is 11.6 Å². The van der Waals surface area contributed by atoms with Gasteiger partial charge in [-0.2, -0.15) is 0 Å². The van der Waals surface area contributed by atoms with Crippen LogP contribution in [0.1, 0.15) is 37.6 Å². The smallest absolute Gasteiger partial charge is 0.159 e. The zero-order valence-corrected chi connectivity index (χ0v) is 12.0. The van der Waals surface area contributed by atoms with Gasteiger partial charge in [-0.25, -0.2) is 0 Å². The van der Waals surface area contributed by atoms with Gasteiger partial charge in [0.25, 0.3) is 0 Å². The average molecular weight is 266 g/mol. The Labute approximate surface area is 114 Å². The Morgan fingerprint density at radius 2 is 2.17 bits per heavy atom. The van der Waals surface area contributed by atoms with Crippen molar-refractivity contribution in [2.75, 3.05) is 18.0 Å². The van der Waals surface area contributed by atoms with E-state index in [4.69, 9.17) is 11.6 Å². The molecule has 0 bridgehead atoms. The summed E-state index contributed by atoms with van der Waals surface area (Å²) in [5, 5.41) is 0.687. The second-order valence-corrected chi connectivity index (χ2v) is 5.87. The second-order valence-electron chi connectivity index (χ2n) is 5.46. The van der Waals surface area contributed by atoms with Gasteiger partial charge in [-0.3, -0.25) is 4.79 Å². The Bertz CT molecular complexity index is 456. The number of hydrogen-bond donors (Lipinski definition) is 0. The number of nitrogens with zero attached hydrogens (tertiary/aromatic N) is 1. The molecule has 1 heterocycles. The van der Waals surface area contributed by atoms with Crippen molar-refractivity contribution in [1.82, 2.24) is 0 Å². The van der Waals surface area contributed by atoms with Crippen molar-refractivity contribution in [2.24, 2.45) is 11.8 Å². The van der Waals surface area contributed by atoms with Crippen LogP contribution < -0.4 is 4.90 Å². The molecule has 18 heavy (non-hydrogen) atoms. The van der Waals surface area contributed by atoms with Gasteiger partial charge in [0.2, 0.25) is 0 Å². The van der Waals surface area contributed by atoms with Crippen molar-refractivity contribution in [3.05, 3.63) is 28.8 Å². The monoisotopic (exact) mass is 265 g/mol. The summed E-state index contributed by atoms with van der Waals surface area (Å²) in [6, 6.07) is 5.62. The van der Waals surface area contributed by atoms with Crippen molar-refractivity contribution >= 4 is 23.1 Å². The Hall–Kier alpha value is -1.02. The third kappa shape index (κ3) is 2.69. The number of benzene rings is 1. The van der Waals surface area contributed by atoms with E-state index in [2.05, 4.69) is 18.7 Å². The first-order valence-corrected chi connectivity index (χ1v) is 6.92. The quantitative estimate of drug-likeness (QED) is 0.769. The molecular weight excluding hydrogens is 246 g/mol. The van der Waals surface area contributed by atoms with E-state index in [0.29, 0.717) is 16.5 Å². The number of rotatable bonds is 3. The molecule has 1 aliphatic heterocycles. The highest BCUT2D eigenvalue weighted by molar-refractivity contribution is 6.33. The summed E-state index contributed by atoms with van der Waals surface area (Å²) in [7, 11) is 0. The van der Waals surface area contributed by atoms with E-state index < -0.39 is 0 Å². The third-order valence-corrected chi connectivity index (χ3v) is 4.17. The molecule has 1 aliphatic rings. The van der Waals surface area contributed by atoms with Gasteiger partial charge in [0.05, 0.1) is 10.7 Å². The highest BCUT2D eigenvalue weighted by Crippen LogP contribution is 2.33. The molecule has 1 fully saturated rings. The maximum atomic E-state index is 11.3. The molecule has 1 aromatic carbocycles. The summed E-state index contributed by atoms with van der Waals surface area (Å²) in [5.74, 6) is 1.52. The number of halogens is 1. The first kappa shape index (κ1) is 13.4. The van der Waals surface area contributed by atoms with Crippen molar-refractivity contribution in [1.29, 1.82) is 0 Å². The van der Waals surface area contributed by atoms with E-state index in [1.165, 1.54) is 6.42 Å². The van der Waals surface area contributed by atoms with Gasteiger partial charge in [0.1, 0.15) is 0 Å². The number of ketones is 1. The molecule has 0 N–H and O–H groups in total. The van der Waals surface area contributed by atoms with E-state index in [9.17, 15) is 4.79 Å². The van der Waals surface area contributed by atoms with Crippen LogP contribution in [-0.2, 0) is 0 Å². The molecule has 2 rings (SSSR count). The normalized spacial score (nSPS) is 19.6. The van der Waals surface area contributed by atoms with E-state index in [-0.39, 0.29) is 5.78 Å². The van der Waals surface area contributed by atoms with Gasteiger partial charge in [-0.15, -0.1) is 0 Å². The highest BCUT2D eigenvalue weighted by Gasteiger charge is 2.26. The van der Waals surface area contributed by atoms with Gasteiger partial charge in [0.15, 0.2) is 5.78 Å². The molecule has 0 spiro atoms. The van der Waals surface area contributed by atoms with E-state index >= 15 is 0 Å². The van der Waals surface area contributed by atoms with Crippen LogP contribution in [0.5, 0.6) is 0 Å². The molecule has 3 heteroatoms. The van der Waals surface area contributed by atoms with Crippen LogP contribution in [0, 0.1) is 11.8 Å². The molecule has 0 aromatic heterocycles. The van der Waals surface area contributed by atoms with Gasteiger partial charge in [0, 0.05) is 18.7 Å². The van der Waals surface area contributed by atoms with Gasteiger partial charge in [-0.1, -0.05) is 25.4 Å². The molecule has 1 atom stereocenters. The van der Waals surface area contributed by atoms with Crippen LogP contribution in [0.2, 0.25) is 5.02 Å². The fourth-order valence-electron chi connectivity index (χ4n) is 2.53. The lowest BCUT2D eigenvalue weighted by molar-refractivity contribution is 0.101. The topological polar surface area (TPSA) is 20.3 Å². The average Bonchev–Trinajstić information content (AvgIpc) is 2.78. The van der Waals surface area contributed by atoms with Crippen molar-refractivity contribution < 1.29 is 4.79 Å². The number of Topliss-reactive ketones (excluding diaryl/α,β-unsaturated/α-hetero) is 1. The van der Waals surface area contributed by atoms with Crippen LogP contribution in [0.4, 0.5) is 5.69 Å². The lowest BCUT2D eigenvalue weighted by Crippen LogP contribution is -2.21. The first-order chi connectivity index (χ1) is 8.49. The minimum Gasteiger partial charge on any atom is -0.370 e. The first-order valence-electron chi connectivity index (χ1n) is 6.54. The van der Waals surface area contributed by atoms with Gasteiger partial charge < -0.3 is 4.90 Å². The van der Waals surface area contributed by atoms with Gasteiger partial charge in [-0.05, 0) is 43.4 Å². The Morgan fingerprint density at radius 1 is 1.44 bits per heavy atom. The van der Waals surface area contributed by atoms with Crippen LogP contribution in [0.3, 0.4) is 0 Å². The Kier molecular flexibility index (Phi) is 3.96. The van der Waals surface area contributed by atoms with Crippen LogP contribution in [0.15, 0.2) is 18.2 Å². The lowest BCUT2D eigenvalue weighted by Gasteiger charge is -2.21. The SMILES string of the molecule is CC(=O)c1ccc(N2CCC(C(C)C)C2)c(Cl)c1. The fraction of sp³-hybridized carbons (Fsp3) is 0.533. The molecule has 0 saturated carbocycles. The molecule has 2 nitrogen and oxygen atoms in total. The molecule has 1 unspecified atom stereocenters. The molecular formula is C15H20ClNO. The van der Waals surface area contributed by atoms with Crippen molar-refractivity contribution in [3.63, 3.8) is 0 Å². The maximum absolute atomic E-state index is 11.3. The Morgan fingerprint density at radius 3 is 2.67 bits per heavy atom. The summed E-state index contributed by atoms with van der Waals surface area (Å²) in [6.45, 7) is 8.23. The Balaban J connectivity index is 2.18. The minimum atomic E-state index is 0.0601. The number of carbonyl (C=O) groups is 1. The predicted molar refractivity (Wildman–Crippen MR) is 76.6 cm³/mol. The number of anilines is 1. The minimum absolute atomic E-state index is 0.0601. The van der Waals surface area contributed by atoms with E-state index in [1.807, 2.05) is 12.1 Å². The standard InChI is InChI=1S/C15H20ClNO/c1-10(2)13-6-7-17(9-13)15-5-4-12(11(3)18)8-14(15)16/h4-5,8,10,13H,6-7,9H2,1-3H3. The van der Waals surface area contributed by atoms with Crippen LogP contribution in [0.25, 0.3) is 0 Å². The van der Waals surface area contributed by atoms with Crippen molar-refractivity contribution in [3.8, 4) is 0 Å². The summed E-state index contributed by atoms with van der Waals surface area (Å²) in [4.78, 5) is 13.6. The number of carbonyl (C=O) groups excluding carboxylic acids is 1. The largest absolute Gasteiger partial charge is 0.370 e. The van der Waals surface area contributed by atoms with Crippen molar-refractivity contribution in [2.45, 2.75) is 27.2 Å². The van der Waals surface area contributed by atoms with E-state index in [0.717, 1.165) is 24.7 Å². The molecule has 98 valence electrons. The zero-order chi connectivity index (χ0) is 13.3. The van der Waals surface area contributed by atoms with Crippen LogP contribution in [-0.4, -0.2) is 18.9 Å². The molecule has 1 aromatic rings. The zero-order valence-electron chi connectivity index (χ0n) is 11.2. The second kappa shape index (κ2) is 5.31. The summed E-state index contributed by atoms with van der Waals surface area (Å²) in [6.07, 6.45) is 1.22. The summed E-state index contributed by atoms with van der Waals surface area (Å²) < 4.78 is 0. The maximum Gasteiger partial charge on any atom is 0.159 e. The van der Waals surface area contributed by atoms with Gasteiger partial charge >= 0.3 is 0 Å². The molecule has 0 amide bonds. The predicted octanol–water partition coefficient (Wildman–Crippen LogP) is 4.02. The summed E-state index contributed by atoms with van der Waals surface area (Å²) in [5.41, 5.74) is 1.74. The summed E-state index contributed by atoms with van der Waals surface area (Å²) >= 11 is 6.29. The molecule has 1 saturated heterocycles. The molecule has 0 radical (unpaired) electrons. The lowest BCUT2D eigenvalue weighted by atomic mass is 9.95. The fourth-order valence-corrected chi connectivity index (χ4v) is 2.83. The number of hydrogen-bond acceptors (Lipinski definition) is 2. The molecule has 0 aliphatic carbocycles. The third-order valence-electron chi connectivity index (χ3n) is 3.86.